The summed E-state index contributed by atoms with van der Waals surface area (Å²) in [6, 6.07) is 0. The van der Waals surface area contributed by atoms with Gasteiger partial charge in [-0.15, -0.1) is 0 Å². The first kappa shape index (κ1) is 26.6. The Morgan fingerprint density at radius 2 is 1.13 bits per heavy atom. The summed E-state index contributed by atoms with van der Waals surface area (Å²) in [7, 11) is 0. The van der Waals surface area contributed by atoms with Crippen molar-refractivity contribution >= 4 is 12.3 Å². The average molecular weight is 429 g/mol. The quantitative estimate of drug-likeness (QED) is 0.218. The molecule has 0 aromatic heterocycles. The summed E-state index contributed by atoms with van der Waals surface area (Å²) in [5.74, 6) is 1.42. The minimum atomic E-state index is -0.617. The molecule has 0 N–H and O–H groups in total. The summed E-state index contributed by atoms with van der Waals surface area (Å²) in [6.07, 6.45) is 9.71. The zero-order valence-electron chi connectivity index (χ0n) is 19.7. The number of ether oxygens (including phenoxy) is 4. The molecule has 176 valence electrons. The van der Waals surface area contributed by atoms with Gasteiger partial charge in [0.1, 0.15) is 12.2 Å². The molecule has 2 unspecified atom stereocenters. The molecule has 0 amide bonds. The van der Waals surface area contributed by atoms with Crippen molar-refractivity contribution < 1.29 is 28.5 Å². The highest BCUT2D eigenvalue weighted by Gasteiger charge is 2.28. The molecule has 30 heavy (non-hydrogen) atoms. The molecule has 0 saturated heterocycles. The van der Waals surface area contributed by atoms with Crippen LogP contribution in [0.4, 0.5) is 9.59 Å². The van der Waals surface area contributed by atoms with Gasteiger partial charge >= 0.3 is 12.3 Å². The SMILES string of the molecule is CC(C)CCCCCOC(=O)OC1CCCC(OC(=O)OCCCCCC(C)C)C1. The fraction of sp³-hybridized carbons (Fsp3) is 0.917. The lowest BCUT2D eigenvalue weighted by molar-refractivity contribution is -0.0350. The maximum atomic E-state index is 11.9. The van der Waals surface area contributed by atoms with Gasteiger partial charge < -0.3 is 18.9 Å². The van der Waals surface area contributed by atoms with E-state index >= 15 is 0 Å². The number of hydrogen-bond donors (Lipinski definition) is 0. The van der Waals surface area contributed by atoms with Crippen molar-refractivity contribution in [1.82, 2.24) is 0 Å². The Kier molecular flexibility index (Phi) is 14.4. The lowest BCUT2D eigenvalue weighted by Gasteiger charge is -2.28. The molecule has 0 aromatic carbocycles. The number of rotatable bonds is 14. The number of carbonyl (C=O) groups excluding carboxylic acids is 2. The van der Waals surface area contributed by atoms with Gasteiger partial charge in [-0.3, -0.25) is 0 Å². The lowest BCUT2D eigenvalue weighted by Crippen LogP contribution is -2.32. The predicted molar refractivity (Wildman–Crippen MR) is 118 cm³/mol. The van der Waals surface area contributed by atoms with E-state index in [1.165, 1.54) is 12.8 Å². The largest absolute Gasteiger partial charge is 0.508 e. The molecule has 0 aliphatic heterocycles. The van der Waals surface area contributed by atoms with E-state index in [2.05, 4.69) is 27.7 Å². The van der Waals surface area contributed by atoms with Crippen LogP contribution in [0.1, 0.15) is 105 Å². The van der Waals surface area contributed by atoms with Gasteiger partial charge in [-0.2, -0.15) is 0 Å². The Morgan fingerprint density at radius 3 is 1.53 bits per heavy atom. The van der Waals surface area contributed by atoms with E-state index in [-0.39, 0.29) is 12.2 Å². The number of carbonyl (C=O) groups is 2. The molecule has 6 heteroatoms. The van der Waals surface area contributed by atoms with E-state index in [1.807, 2.05) is 0 Å². The molecule has 0 spiro atoms. The number of unbranched alkanes of at least 4 members (excludes halogenated alkanes) is 4. The molecule has 0 heterocycles. The smallest absolute Gasteiger partial charge is 0.434 e. The minimum Gasteiger partial charge on any atom is -0.434 e. The molecule has 1 rings (SSSR count). The van der Waals surface area contributed by atoms with E-state index in [4.69, 9.17) is 18.9 Å². The zero-order valence-corrected chi connectivity index (χ0v) is 19.7. The van der Waals surface area contributed by atoms with Gasteiger partial charge in [-0.25, -0.2) is 9.59 Å². The van der Waals surface area contributed by atoms with Crippen molar-refractivity contribution in [2.24, 2.45) is 11.8 Å². The molecule has 6 nitrogen and oxygen atoms in total. The van der Waals surface area contributed by atoms with Crippen LogP contribution in [0.25, 0.3) is 0 Å². The molecule has 0 bridgehead atoms. The third kappa shape index (κ3) is 14.5. The van der Waals surface area contributed by atoms with Gasteiger partial charge in [0.2, 0.25) is 0 Å². The van der Waals surface area contributed by atoms with E-state index in [9.17, 15) is 9.59 Å². The molecular formula is C24H44O6. The molecule has 1 saturated carbocycles. The van der Waals surface area contributed by atoms with Gasteiger partial charge in [0.25, 0.3) is 0 Å². The topological polar surface area (TPSA) is 71.1 Å². The molecule has 0 radical (unpaired) electrons. The van der Waals surface area contributed by atoms with Crippen LogP contribution in [0.15, 0.2) is 0 Å². The van der Waals surface area contributed by atoms with Gasteiger partial charge in [0, 0.05) is 6.42 Å². The summed E-state index contributed by atoms with van der Waals surface area (Å²) in [6.45, 7) is 9.64. The highest BCUT2D eigenvalue weighted by molar-refractivity contribution is 5.60. The number of hydrogen-bond acceptors (Lipinski definition) is 6. The fourth-order valence-corrected chi connectivity index (χ4v) is 3.63. The van der Waals surface area contributed by atoms with Crippen LogP contribution in [-0.4, -0.2) is 37.7 Å². The van der Waals surface area contributed by atoms with Gasteiger partial charge in [0.05, 0.1) is 13.2 Å². The Bertz CT molecular complexity index is 423. The molecule has 2 atom stereocenters. The first-order chi connectivity index (χ1) is 14.4. The summed E-state index contributed by atoms with van der Waals surface area (Å²) in [5.41, 5.74) is 0. The Balaban J connectivity index is 2.10. The standard InChI is InChI=1S/C24H44O6/c1-19(2)12-7-5-9-16-27-23(25)29-21-14-11-15-22(18-21)30-24(26)28-17-10-6-8-13-20(3)4/h19-22H,5-18H2,1-4H3. The van der Waals surface area contributed by atoms with E-state index in [1.54, 1.807) is 0 Å². The third-order valence-electron chi connectivity index (χ3n) is 5.40. The van der Waals surface area contributed by atoms with Crippen LogP contribution in [0, 0.1) is 11.8 Å². The molecule has 1 aliphatic carbocycles. The predicted octanol–water partition coefficient (Wildman–Crippen LogP) is 7.04. The summed E-state index contributed by atoms with van der Waals surface area (Å²) < 4.78 is 21.1. The monoisotopic (exact) mass is 428 g/mol. The second-order valence-electron chi connectivity index (χ2n) is 9.33. The van der Waals surface area contributed by atoms with E-state index < -0.39 is 12.3 Å². The van der Waals surface area contributed by atoms with Crippen LogP contribution in [0.5, 0.6) is 0 Å². The van der Waals surface area contributed by atoms with E-state index in [0.717, 1.165) is 57.8 Å². The highest BCUT2D eigenvalue weighted by atomic mass is 16.7. The van der Waals surface area contributed by atoms with Crippen molar-refractivity contribution in [3.05, 3.63) is 0 Å². The van der Waals surface area contributed by atoms with Crippen LogP contribution in [-0.2, 0) is 18.9 Å². The minimum absolute atomic E-state index is 0.263. The van der Waals surface area contributed by atoms with Gasteiger partial charge in [-0.1, -0.05) is 66.2 Å². The van der Waals surface area contributed by atoms with Crippen LogP contribution in [0.2, 0.25) is 0 Å². The molecule has 0 aromatic rings. The molecule has 1 fully saturated rings. The van der Waals surface area contributed by atoms with Crippen LogP contribution < -0.4 is 0 Å². The molecule has 1 aliphatic rings. The first-order valence-electron chi connectivity index (χ1n) is 12.0. The summed E-state index contributed by atoms with van der Waals surface area (Å²) in [5, 5.41) is 0. The van der Waals surface area contributed by atoms with Crippen LogP contribution >= 0.6 is 0 Å². The van der Waals surface area contributed by atoms with E-state index in [0.29, 0.717) is 31.5 Å². The fourth-order valence-electron chi connectivity index (χ4n) is 3.63. The Hall–Kier alpha value is -1.46. The normalized spacial score (nSPS) is 19.0. The maximum absolute atomic E-state index is 11.9. The Labute approximate surface area is 183 Å². The van der Waals surface area contributed by atoms with Crippen LogP contribution in [0.3, 0.4) is 0 Å². The average Bonchev–Trinajstić information content (AvgIpc) is 2.67. The van der Waals surface area contributed by atoms with Gasteiger partial charge in [-0.05, 0) is 43.9 Å². The van der Waals surface area contributed by atoms with Crippen molar-refractivity contribution in [3.63, 3.8) is 0 Å². The van der Waals surface area contributed by atoms with Crippen molar-refractivity contribution in [2.45, 2.75) is 117 Å². The maximum Gasteiger partial charge on any atom is 0.508 e. The first-order valence-corrected chi connectivity index (χ1v) is 12.0. The van der Waals surface area contributed by atoms with Crippen molar-refractivity contribution in [3.8, 4) is 0 Å². The third-order valence-corrected chi connectivity index (χ3v) is 5.40. The van der Waals surface area contributed by atoms with Gasteiger partial charge in [0.15, 0.2) is 0 Å². The second kappa shape index (κ2) is 16.3. The highest BCUT2D eigenvalue weighted by Crippen LogP contribution is 2.24. The molecular weight excluding hydrogens is 384 g/mol. The summed E-state index contributed by atoms with van der Waals surface area (Å²) >= 11 is 0. The van der Waals surface area contributed by atoms with Crippen molar-refractivity contribution in [1.29, 1.82) is 0 Å². The van der Waals surface area contributed by atoms with Crippen molar-refractivity contribution in [2.75, 3.05) is 13.2 Å². The zero-order chi connectivity index (χ0) is 22.2. The summed E-state index contributed by atoms with van der Waals surface area (Å²) in [4.78, 5) is 23.7. The lowest BCUT2D eigenvalue weighted by atomic mass is 9.95. The Morgan fingerprint density at radius 1 is 0.700 bits per heavy atom. The second-order valence-corrected chi connectivity index (χ2v) is 9.33.